The zero-order chi connectivity index (χ0) is 20.9. The second kappa shape index (κ2) is 9.49. The van der Waals surface area contributed by atoms with Crippen LogP contribution >= 0.6 is 0 Å². The van der Waals surface area contributed by atoms with Gasteiger partial charge in [0.25, 0.3) is 0 Å². The van der Waals surface area contributed by atoms with Gasteiger partial charge in [0.05, 0.1) is 4.90 Å². The first kappa shape index (κ1) is 22.3. The number of nitrogens with zero attached hydrogens (tertiary/aromatic N) is 2. The smallest absolute Gasteiger partial charge is 0.247 e. The van der Waals surface area contributed by atoms with Crippen molar-refractivity contribution in [2.75, 3.05) is 38.0 Å². The van der Waals surface area contributed by atoms with Gasteiger partial charge < -0.3 is 15.5 Å². The fourth-order valence-corrected chi connectivity index (χ4v) is 4.61. The van der Waals surface area contributed by atoms with Crippen molar-refractivity contribution >= 4 is 27.5 Å². The molecule has 0 bridgehead atoms. The lowest BCUT2D eigenvalue weighted by atomic mass is 10.0. The third-order valence-electron chi connectivity index (χ3n) is 4.83. The van der Waals surface area contributed by atoms with E-state index in [2.05, 4.69) is 22.5 Å². The summed E-state index contributed by atoms with van der Waals surface area (Å²) in [6, 6.07) is 5.54. The van der Waals surface area contributed by atoms with Crippen molar-refractivity contribution in [2.45, 2.75) is 38.6 Å². The second-order valence-electron chi connectivity index (χ2n) is 7.28. The summed E-state index contributed by atoms with van der Waals surface area (Å²) < 4.78 is 27.4. The van der Waals surface area contributed by atoms with Crippen molar-refractivity contribution in [1.29, 1.82) is 0 Å². The number of carbonyl (C=O) groups is 2. The van der Waals surface area contributed by atoms with Gasteiger partial charge in [0.2, 0.25) is 21.8 Å². The third-order valence-corrected chi connectivity index (χ3v) is 6.72. The van der Waals surface area contributed by atoms with Crippen molar-refractivity contribution < 1.29 is 18.0 Å². The van der Waals surface area contributed by atoms with E-state index >= 15 is 0 Å². The number of piperazine rings is 1. The monoisotopic (exact) mass is 410 g/mol. The van der Waals surface area contributed by atoms with Crippen molar-refractivity contribution in [1.82, 2.24) is 14.5 Å². The maximum absolute atomic E-state index is 12.9. The maximum atomic E-state index is 12.9. The first-order chi connectivity index (χ1) is 13.1. The van der Waals surface area contributed by atoms with Crippen LogP contribution in [0.25, 0.3) is 0 Å². The van der Waals surface area contributed by atoms with Crippen molar-refractivity contribution in [3.8, 4) is 0 Å². The van der Waals surface area contributed by atoms with Gasteiger partial charge in [-0.25, -0.2) is 8.42 Å². The Hall–Kier alpha value is -1.97. The molecule has 1 aromatic carbocycles. The number of sulfonamides is 1. The molecule has 1 unspecified atom stereocenters. The van der Waals surface area contributed by atoms with Crippen molar-refractivity contribution in [3.05, 3.63) is 24.3 Å². The van der Waals surface area contributed by atoms with Crippen LogP contribution in [0.3, 0.4) is 0 Å². The molecule has 0 aromatic heterocycles. The van der Waals surface area contributed by atoms with Crippen LogP contribution in [0.4, 0.5) is 5.69 Å². The molecule has 1 aromatic rings. The molecule has 2 N–H and O–H groups in total. The highest BCUT2D eigenvalue weighted by molar-refractivity contribution is 7.89. The number of likely N-dealkylation sites (N-methyl/N-ethyl adjacent to an activating group) is 1. The molecule has 1 saturated heterocycles. The summed E-state index contributed by atoms with van der Waals surface area (Å²) in [7, 11) is -3.62. The highest BCUT2D eigenvalue weighted by atomic mass is 32.2. The van der Waals surface area contributed by atoms with Gasteiger partial charge in [-0.3, -0.25) is 9.59 Å². The number of nitrogens with one attached hydrogen (secondary N) is 2. The molecule has 9 heteroatoms. The lowest BCUT2D eigenvalue weighted by Crippen LogP contribution is -2.48. The van der Waals surface area contributed by atoms with Crippen LogP contribution in [0.2, 0.25) is 0 Å². The normalized spacial score (nSPS) is 17.3. The summed E-state index contributed by atoms with van der Waals surface area (Å²) in [5.41, 5.74) is 0.384. The molecule has 2 amide bonds. The zero-order valence-corrected chi connectivity index (χ0v) is 17.8. The number of anilines is 1. The highest BCUT2D eigenvalue weighted by Gasteiger charge is 2.29. The Labute approximate surface area is 167 Å². The van der Waals surface area contributed by atoms with Crippen molar-refractivity contribution in [2.24, 2.45) is 5.92 Å². The Morgan fingerprint density at radius 1 is 1.14 bits per heavy atom. The fourth-order valence-electron chi connectivity index (χ4n) is 3.14. The molecule has 1 fully saturated rings. The average Bonchev–Trinajstić information content (AvgIpc) is 2.66. The largest absolute Gasteiger partial charge is 0.344 e. The molecule has 1 heterocycles. The van der Waals surface area contributed by atoms with E-state index in [0.29, 0.717) is 31.9 Å². The molecular weight excluding hydrogens is 380 g/mol. The number of hydrogen-bond donors (Lipinski definition) is 2. The first-order valence-corrected chi connectivity index (χ1v) is 11.0. The Kier molecular flexibility index (Phi) is 7.56. The van der Waals surface area contributed by atoms with Crippen LogP contribution in [-0.2, 0) is 19.6 Å². The van der Waals surface area contributed by atoms with Crippen LogP contribution in [-0.4, -0.2) is 68.2 Å². The van der Waals surface area contributed by atoms with Gasteiger partial charge in [0, 0.05) is 38.8 Å². The molecule has 8 nitrogen and oxygen atoms in total. The first-order valence-electron chi connectivity index (χ1n) is 9.55. The Morgan fingerprint density at radius 3 is 2.32 bits per heavy atom. The second-order valence-corrected chi connectivity index (χ2v) is 9.22. The van der Waals surface area contributed by atoms with Crippen LogP contribution in [0, 0.1) is 5.92 Å². The maximum Gasteiger partial charge on any atom is 0.247 e. The van der Waals surface area contributed by atoms with Crippen LogP contribution in [0.15, 0.2) is 29.2 Å². The van der Waals surface area contributed by atoms with E-state index in [-0.39, 0.29) is 22.6 Å². The molecule has 1 aliphatic rings. The molecule has 1 atom stereocenters. The predicted molar refractivity (Wildman–Crippen MR) is 108 cm³/mol. The number of carbonyl (C=O) groups excluding carboxylic acids is 2. The van der Waals surface area contributed by atoms with E-state index in [0.717, 1.165) is 6.54 Å². The molecule has 28 heavy (non-hydrogen) atoms. The van der Waals surface area contributed by atoms with E-state index in [4.69, 9.17) is 0 Å². The van der Waals surface area contributed by atoms with Gasteiger partial charge in [-0.15, -0.1) is 0 Å². The van der Waals surface area contributed by atoms with E-state index in [9.17, 15) is 18.0 Å². The number of rotatable bonds is 7. The van der Waals surface area contributed by atoms with Crippen LogP contribution in [0.5, 0.6) is 0 Å². The zero-order valence-electron chi connectivity index (χ0n) is 16.9. The molecule has 2 rings (SSSR count). The lowest BCUT2D eigenvalue weighted by molar-refractivity contribution is -0.126. The molecule has 0 spiro atoms. The highest BCUT2D eigenvalue weighted by Crippen LogP contribution is 2.21. The average molecular weight is 411 g/mol. The topological polar surface area (TPSA) is 98.8 Å². The van der Waals surface area contributed by atoms with E-state index in [1.165, 1.54) is 23.4 Å². The molecule has 0 radical (unpaired) electrons. The number of amides is 2. The van der Waals surface area contributed by atoms with E-state index in [1.54, 1.807) is 12.1 Å². The van der Waals surface area contributed by atoms with Crippen LogP contribution < -0.4 is 10.6 Å². The summed E-state index contributed by atoms with van der Waals surface area (Å²) in [4.78, 5) is 26.2. The minimum absolute atomic E-state index is 0.106. The summed E-state index contributed by atoms with van der Waals surface area (Å²) in [5, 5.41) is 5.34. The van der Waals surface area contributed by atoms with Gasteiger partial charge >= 0.3 is 0 Å². The molecule has 0 saturated carbocycles. The van der Waals surface area contributed by atoms with Gasteiger partial charge in [0.1, 0.15) is 6.04 Å². The Balaban J connectivity index is 2.15. The fraction of sp³-hybridized carbons (Fsp3) is 0.579. The Bertz CT molecular complexity index is 802. The molecular formula is C19H30N4O4S. The summed E-state index contributed by atoms with van der Waals surface area (Å²) in [6.07, 6.45) is 0. The quantitative estimate of drug-likeness (QED) is 0.702. The minimum atomic E-state index is -3.62. The van der Waals surface area contributed by atoms with Gasteiger partial charge in [-0.2, -0.15) is 4.31 Å². The van der Waals surface area contributed by atoms with Crippen molar-refractivity contribution in [3.63, 3.8) is 0 Å². The summed E-state index contributed by atoms with van der Waals surface area (Å²) in [5.74, 6) is -0.779. The Morgan fingerprint density at radius 2 is 1.79 bits per heavy atom. The SMILES string of the molecule is CCN1CCN(S(=O)(=O)c2cccc(NC(=O)C(NC(C)=O)C(C)C)c2)CC1. The predicted octanol–water partition coefficient (Wildman–Crippen LogP) is 1.11. The number of hydrogen-bond acceptors (Lipinski definition) is 5. The molecule has 156 valence electrons. The summed E-state index contributed by atoms with van der Waals surface area (Å²) in [6.45, 7) is 10.3. The van der Waals surface area contributed by atoms with E-state index in [1.807, 2.05) is 13.8 Å². The van der Waals surface area contributed by atoms with E-state index < -0.39 is 16.1 Å². The van der Waals surface area contributed by atoms with Gasteiger partial charge in [0.15, 0.2) is 0 Å². The van der Waals surface area contributed by atoms with Gasteiger partial charge in [-0.05, 0) is 30.7 Å². The minimum Gasteiger partial charge on any atom is -0.344 e. The van der Waals surface area contributed by atoms with Gasteiger partial charge in [-0.1, -0.05) is 26.8 Å². The van der Waals surface area contributed by atoms with Crippen LogP contribution in [0.1, 0.15) is 27.7 Å². The molecule has 0 aliphatic carbocycles. The number of benzene rings is 1. The third kappa shape index (κ3) is 5.52. The molecule has 1 aliphatic heterocycles. The summed E-state index contributed by atoms with van der Waals surface area (Å²) >= 11 is 0. The standard InChI is InChI=1S/C19H30N4O4S/c1-5-22-9-11-23(12-10-22)28(26,27)17-8-6-7-16(13-17)21-19(25)18(14(2)3)20-15(4)24/h6-8,13-14,18H,5,9-12H2,1-4H3,(H,20,24)(H,21,25). The lowest BCUT2D eigenvalue weighted by Gasteiger charge is -2.33.